The highest BCUT2D eigenvalue weighted by molar-refractivity contribution is 5.88. The van der Waals surface area contributed by atoms with E-state index >= 15 is 0 Å². The largest absolute Gasteiger partial charge is 0.368 e. The summed E-state index contributed by atoms with van der Waals surface area (Å²) in [4.78, 5) is 11.9. The monoisotopic (exact) mass is 186 g/mol. The van der Waals surface area contributed by atoms with Gasteiger partial charge in [-0.15, -0.1) is 0 Å². The molecule has 0 N–H and O–H groups in total. The van der Waals surface area contributed by atoms with E-state index in [1.807, 2.05) is 34.6 Å². The van der Waals surface area contributed by atoms with Gasteiger partial charge >= 0.3 is 0 Å². The molecule has 0 fully saturated rings. The van der Waals surface area contributed by atoms with Crippen molar-refractivity contribution in [1.82, 2.24) is 0 Å². The summed E-state index contributed by atoms with van der Waals surface area (Å²) < 4.78 is 5.43. The molecule has 0 aromatic heterocycles. The van der Waals surface area contributed by atoms with Gasteiger partial charge in [0.05, 0.1) is 0 Å². The highest BCUT2D eigenvalue weighted by Crippen LogP contribution is 2.20. The van der Waals surface area contributed by atoms with Gasteiger partial charge in [0.15, 0.2) is 5.78 Å². The first-order valence-electron chi connectivity index (χ1n) is 5.17. The lowest BCUT2D eigenvalue weighted by molar-refractivity contribution is -0.144. The molecular formula is C11H22O2. The van der Waals surface area contributed by atoms with E-state index in [0.29, 0.717) is 6.61 Å². The number of ketones is 1. The molecule has 0 aliphatic heterocycles. The van der Waals surface area contributed by atoms with Crippen LogP contribution < -0.4 is 0 Å². The minimum Gasteiger partial charge on any atom is -0.368 e. The maximum atomic E-state index is 11.9. The molecule has 0 radical (unpaired) electrons. The smallest absolute Gasteiger partial charge is 0.167 e. The third-order valence-corrected chi connectivity index (χ3v) is 2.45. The Labute approximate surface area is 81.7 Å². The van der Waals surface area contributed by atoms with E-state index < -0.39 is 5.60 Å². The molecule has 13 heavy (non-hydrogen) atoms. The van der Waals surface area contributed by atoms with Gasteiger partial charge < -0.3 is 4.74 Å². The van der Waals surface area contributed by atoms with Crippen LogP contribution in [0.15, 0.2) is 0 Å². The van der Waals surface area contributed by atoms with Crippen LogP contribution in [0.4, 0.5) is 0 Å². The minimum atomic E-state index is -0.606. The van der Waals surface area contributed by atoms with E-state index in [0.717, 1.165) is 12.8 Å². The maximum absolute atomic E-state index is 11.9. The maximum Gasteiger partial charge on any atom is 0.167 e. The fraction of sp³-hybridized carbons (Fsp3) is 0.909. The molecule has 0 unspecified atom stereocenters. The van der Waals surface area contributed by atoms with E-state index in [1.165, 1.54) is 0 Å². The Balaban J connectivity index is 4.36. The molecule has 0 saturated heterocycles. The first-order valence-corrected chi connectivity index (χ1v) is 5.17. The van der Waals surface area contributed by atoms with E-state index in [1.54, 1.807) is 0 Å². The summed E-state index contributed by atoms with van der Waals surface area (Å²) in [5.74, 6) is 0.390. The standard InChI is InChI=1S/C11H22O2/c1-6-9(7-2)10(12)11(4,5)13-8-3/h9H,6-8H2,1-5H3. The van der Waals surface area contributed by atoms with Crippen LogP contribution in [0.5, 0.6) is 0 Å². The molecule has 78 valence electrons. The van der Waals surface area contributed by atoms with Crippen molar-refractivity contribution < 1.29 is 9.53 Å². The molecule has 2 heteroatoms. The average molecular weight is 186 g/mol. The molecule has 0 aliphatic rings. The molecule has 0 heterocycles. The second-order valence-electron chi connectivity index (χ2n) is 3.82. The predicted molar refractivity (Wildman–Crippen MR) is 54.8 cm³/mol. The number of Topliss-reactive ketones (excluding diaryl/α,β-unsaturated/α-hetero) is 1. The Bertz CT molecular complexity index is 157. The van der Waals surface area contributed by atoms with Crippen molar-refractivity contribution in [2.24, 2.45) is 5.92 Å². The van der Waals surface area contributed by atoms with Crippen molar-refractivity contribution in [1.29, 1.82) is 0 Å². The molecule has 0 aromatic rings. The van der Waals surface area contributed by atoms with Gasteiger partial charge in [-0.1, -0.05) is 13.8 Å². The Morgan fingerprint density at radius 2 is 1.69 bits per heavy atom. The molecule has 0 amide bonds. The first-order chi connectivity index (χ1) is 5.99. The average Bonchev–Trinajstić information content (AvgIpc) is 2.06. The number of hydrogen-bond donors (Lipinski definition) is 0. The van der Waals surface area contributed by atoms with E-state index in [9.17, 15) is 4.79 Å². The topological polar surface area (TPSA) is 26.3 Å². The van der Waals surface area contributed by atoms with Gasteiger partial charge in [0, 0.05) is 12.5 Å². The van der Waals surface area contributed by atoms with Crippen LogP contribution in [0.25, 0.3) is 0 Å². The van der Waals surface area contributed by atoms with Gasteiger partial charge in [0.25, 0.3) is 0 Å². The highest BCUT2D eigenvalue weighted by Gasteiger charge is 2.32. The minimum absolute atomic E-state index is 0.154. The molecular weight excluding hydrogens is 164 g/mol. The summed E-state index contributed by atoms with van der Waals surface area (Å²) >= 11 is 0. The van der Waals surface area contributed by atoms with Gasteiger partial charge in [-0.25, -0.2) is 0 Å². The summed E-state index contributed by atoms with van der Waals surface area (Å²) in [5.41, 5.74) is -0.606. The molecule has 0 rings (SSSR count). The fourth-order valence-corrected chi connectivity index (χ4v) is 1.58. The van der Waals surface area contributed by atoms with E-state index in [4.69, 9.17) is 4.74 Å². The normalized spacial score (nSPS) is 12.2. The number of rotatable bonds is 6. The van der Waals surface area contributed by atoms with Crippen molar-refractivity contribution >= 4 is 5.78 Å². The second-order valence-corrected chi connectivity index (χ2v) is 3.82. The van der Waals surface area contributed by atoms with Crippen LogP contribution in [-0.4, -0.2) is 18.0 Å². The van der Waals surface area contributed by atoms with Crippen molar-refractivity contribution in [2.45, 2.75) is 53.1 Å². The van der Waals surface area contributed by atoms with Crippen LogP contribution in [0, 0.1) is 5.92 Å². The molecule has 2 nitrogen and oxygen atoms in total. The summed E-state index contributed by atoms with van der Waals surface area (Å²) in [6, 6.07) is 0. The zero-order chi connectivity index (χ0) is 10.5. The third-order valence-electron chi connectivity index (χ3n) is 2.45. The molecule has 0 atom stereocenters. The van der Waals surface area contributed by atoms with Gasteiger partial charge in [0.2, 0.25) is 0 Å². The first kappa shape index (κ1) is 12.6. The van der Waals surface area contributed by atoms with Crippen LogP contribution >= 0.6 is 0 Å². The fourth-order valence-electron chi connectivity index (χ4n) is 1.58. The lowest BCUT2D eigenvalue weighted by Gasteiger charge is -2.27. The summed E-state index contributed by atoms with van der Waals surface area (Å²) in [6.07, 6.45) is 1.82. The quantitative estimate of drug-likeness (QED) is 0.637. The van der Waals surface area contributed by atoms with Crippen LogP contribution in [-0.2, 0) is 9.53 Å². The van der Waals surface area contributed by atoms with E-state index in [-0.39, 0.29) is 11.7 Å². The summed E-state index contributed by atoms with van der Waals surface area (Å²) in [5, 5.41) is 0. The van der Waals surface area contributed by atoms with Crippen molar-refractivity contribution in [3.8, 4) is 0 Å². The Morgan fingerprint density at radius 1 is 1.23 bits per heavy atom. The van der Waals surface area contributed by atoms with Crippen LogP contribution in [0.1, 0.15) is 47.5 Å². The molecule has 0 saturated carbocycles. The summed E-state index contributed by atoms with van der Waals surface area (Å²) in [6.45, 7) is 10.3. The van der Waals surface area contributed by atoms with Crippen molar-refractivity contribution in [3.05, 3.63) is 0 Å². The number of ether oxygens (including phenoxy) is 1. The van der Waals surface area contributed by atoms with Gasteiger partial charge in [-0.3, -0.25) is 4.79 Å². The lowest BCUT2D eigenvalue weighted by Crippen LogP contribution is -2.39. The molecule has 0 bridgehead atoms. The van der Waals surface area contributed by atoms with E-state index in [2.05, 4.69) is 0 Å². The highest BCUT2D eigenvalue weighted by atomic mass is 16.5. The number of carbonyl (C=O) groups is 1. The molecule has 0 aromatic carbocycles. The third kappa shape index (κ3) is 3.47. The Morgan fingerprint density at radius 3 is 2.00 bits per heavy atom. The SMILES string of the molecule is CCOC(C)(C)C(=O)C(CC)CC. The Kier molecular flexibility index (Phi) is 5.23. The van der Waals surface area contributed by atoms with Gasteiger partial charge in [-0.2, -0.15) is 0 Å². The number of carbonyl (C=O) groups excluding carboxylic acids is 1. The van der Waals surface area contributed by atoms with Crippen LogP contribution in [0.2, 0.25) is 0 Å². The Hall–Kier alpha value is -0.370. The van der Waals surface area contributed by atoms with Gasteiger partial charge in [0.1, 0.15) is 5.60 Å². The second kappa shape index (κ2) is 5.38. The van der Waals surface area contributed by atoms with Crippen LogP contribution in [0.3, 0.4) is 0 Å². The lowest BCUT2D eigenvalue weighted by atomic mass is 9.88. The summed E-state index contributed by atoms with van der Waals surface area (Å²) in [7, 11) is 0. The van der Waals surface area contributed by atoms with Gasteiger partial charge in [-0.05, 0) is 33.6 Å². The van der Waals surface area contributed by atoms with Crippen molar-refractivity contribution in [2.75, 3.05) is 6.61 Å². The predicted octanol–water partition coefficient (Wildman–Crippen LogP) is 2.81. The zero-order valence-corrected chi connectivity index (χ0v) is 9.52. The molecule has 0 spiro atoms. The van der Waals surface area contributed by atoms with Crippen molar-refractivity contribution in [3.63, 3.8) is 0 Å². The zero-order valence-electron chi connectivity index (χ0n) is 9.52. The molecule has 0 aliphatic carbocycles. The number of hydrogen-bond acceptors (Lipinski definition) is 2.